The Morgan fingerprint density at radius 1 is 0.935 bits per heavy atom. The van der Waals surface area contributed by atoms with Crippen LogP contribution in [0.2, 0.25) is 5.02 Å². The van der Waals surface area contributed by atoms with E-state index in [-0.39, 0.29) is 10.8 Å². The van der Waals surface area contributed by atoms with Crippen molar-refractivity contribution in [2.24, 2.45) is 12.2 Å². The van der Waals surface area contributed by atoms with Crippen LogP contribution in [0, 0.1) is 6.92 Å². The van der Waals surface area contributed by atoms with Crippen LogP contribution in [0.5, 0.6) is 0 Å². The fourth-order valence-electron chi connectivity index (χ4n) is 4.33. The summed E-state index contributed by atoms with van der Waals surface area (Å²) in [4.78, 5) is 15.4. The van der Waals surface area contributed by atoms with Crippen LogP contribution in [0.25, 0.3) is 22.5 Å². The van der Waals surface area contributed by atoms with Crippen molar-refractivity contribution in [1.29, 1.82) is 0 Å². The number of benzene rings is 2. The minimum absolute atomic E-state index is 0.00339. The van der Waals surface area contributed by atoms with E-state index in [0.717, 1.165) is 54.0 Å². The van der Waals surface area contributed by atoms with Crippen LogP contribution in [-0.4, -0.2) is 36.9 Å². The van der Waals surface area contributed by atoms with Crippen molar-refractivity contribution in [3.8, 4) is 22.5 Å². The molecule has 1 saturated heterocycles. The number of hydrogen-bond acceptors (Lipinski definition) is 3. The minimum atomic E-state index is -3.80. The maximum atomic E-state index is 13.5. The van der Waals surface area contributed by atoms with E-state index in [4.69, 9.17) is 16.7 Å². The van der Waals surface area contributed by atoms with Gasteiger partial charge in [0.1, 0.15) is 0 Å². The zero-order chi connectivity index (χ0) is 22.3. The molecule has 1 aliphatic heterocycles. The van der Waals surface area contributed by atoms with E-state index in [0.29, 0.717) is 10.6 Å². The maximum absolute atomic E-state index is 13.5. The van der Waals surface area contributed by atoms with Crippen molar-refractivity contribution in [2.45, 2.75) is 24.7 Å². The van der Waals surface area contributed by atoms with Gasteiger partial charge in [-0.15, -0.1) is 0 Å². The standard InChI is InChI=1S/C23H24ClN3O3S/c1-15-20(23(28)27-13-3-4-14-27)22(17-7-11-19(12-8-17)31(25,29)30)26(2)21(15)16-5-9-18(24)10-6-16/h5-12H,3-4,13-14H2,1-2H3,(H2,25,29,30). The minimum Gasteiger partial charge on any atom is -0.343 e. The highest BCUT2D eigenvalue weighted by Crippen LogP contribution is 2.38. The summed E-state index contributed by atoms with van der Waals surface area (Å²) >= 11 is 6.07. The zero-order valence-electron chi connectivity index (χ0n) is 17.4. The number of nitrogens with two attached hydrogens (primary N) is 1. The van der Waals surface area contributed by atoms with Crippen molar-refractivity contribution >= 4 is 27.5 Å². The number of likely N-dealkylation sites (tertiary alicyclic amines) is 1. The van der Waals surface area contributed by atoms with Crippen LogP contribution >= 0.6 is 11.6 Å². The Morgan fingerprint density at radius 2 is 1.45 bits per heavy atom. The van der Waals surface area contributed by atoms with Crippen molar-refractivity contribution in [1.82, 2.24) is 9.47 Å². The van der Waals surface area contributed by atoms with Gasteiger partial charge in [0.05, 0.1) is 21.8 Å². The monoisotopic (exact) mass is 457 g/mol. The Balaban J connectivity index is 1.93. The second kappa shape index (κ2) is 8.15. The smallest absolute Gasteiger partial charge is 0.256 e. The third kappa shape index (κ3) is 4.01. The van der Waals surface area contributed by atoms with Gasteiger partial charge in [0.25, 0.3) is 5.91 Å². The molecule has 31 heavy (non-hydrogen) atoms. The molecule has 0 saturated carbocycles. The highest BCUT2D eigenvalue weighted by Gasteiger charge is 2.29. The number of rotatable bonds is 4. The van der Waals surface area contributed by atoms with Crippen LogP contribution in [0.1, 0.15) is 28.8 Å². The molecule has 0 bridgehead atoms. The van der Waals surface area contributed by atoms with Crippen LogP contribution < -0.4 is 5.14 Å². The van der Waals surface area contributed by atoms with Gasteiger partial charge >= 0.3 is 0 Å². The molecule has 162 valence electrons. The molecular weight excluding hydrogens is 434 g/mol. The summed E-state index contributed by atoms with van der Waals surface area (Å²) in [6.07, 6.45) is 2.00. The summed E-state index contributed by atoms with van der Waals surface area (Å²) < 4.78 is 25.3. The molecule has 2 heterocycles. The first-order valence-corrected chi connectivity index (χ1v) is 12.0. The molecule has 2 aromatic carbocycles. The molecule has 0 radical (unpaired) electrons. The van der Waals surface area contributed by atoms with Crippen LogP contribution in [0.3, 0.4) is 0 Å². The van der Waals surface area contributed by atoms with E-state index < -0.39 is 10.0 Å². The lowest BCUT2D eigenvalue weighted by atomic mass is 10.0. The quantitative estimate of drug-likeness (QED) is 0.636. The van der Waals surface area contributed by atoms with Gasteiger partial charge in [-0.1, -0.05) is 35.9 Å². The average molecular weight is 458 g/mol. The maximum Gasteiger partial charge on any atom is 0.256 e. The lowest BCUT2D eigenvalue weighted by molar-refractivity contribution is 0.0793. The summed E-state index contributed by atoms with van der Waals surface area (Å²) in [6.45, 7) is 3.44. The molecule has 0 unspecified atom stereocenters. The van der Waals surface area contributed by atoms with Crippen molar-refractivity contribution in [3.63, 3.8) is 0 Å². The third-order valence-corrected chi connectivity index (χ3v) is 7.00. The van der Waals surface area contributed by atoms with Crippen molar-refractivity contribution in [3.05, 3.63) is 64.7 Å². The van der Waals surface area contributed by atoms with Crippen LogP contribution in [0.15, 0.2) is 53.4 Å². The Labute approximate surface area is 187 Å². The third-order valence-electron chi connectivity index (χ3n) is 5.82. The van der Waals surface area contributed by atoms with Crippen LogP contribution in [-0.2, 0) is 17.1 Å². The molecular formula is C23H24ClN3O3S. The number of halogens is 1. The van der Waals surface area contributed by atoms with E-state index in [2.05, 4.69) is 0 Å². The molecule has 0 aliphatic carbocycles. The summed E-state index contributed by atoms with van der Waals surface area (Å²) in [5, 5.41) is 5.89. The Hall–Kier alpha value is -2.61. The van der Waals surface area contributed by atoms with Gasteiger partial charge in [0.15, 0.2) is 0 Å². The molecule has 1 aromatic heterocycles. The summed E-state index contributed by atoms with van der Waals surface area (Å²) in [7, 11) is -1.88. The predicted octanol–water partition coefficient (Wildman–Crippen LogP) is 4.20. The lowest BCUT2D eigenvalue weighted by Crippen LogP contribution is -2.28. The molecule has 0 atom stereocenters. The molecule has 1 aliphatic rings. The van der Waals surface area contributed by atoms with Gasteiger partial charge in [0, 0.05) is 25.2 Å². The topological polar surface area (TPSA) is 85.4 Å². The number of hydrogen-bond donors (Lipinski definition) is 1. The second-order valence-corrected chi connectivity index (χ2v) is 9.83. The average Bonchev–Trinajstić information content (AvgIpc) is 3.35. The molecule has 0 spiro atoms. The highest BCUT2D eigenvalue weighted by atomic mass is 35.5. The van der Waals surface area contributed by atoms with E-state index in [1.807, 2.05) is 47.7 Å². The Kier molecular flexibility index (Phi) is 5.68. The molecule has 3 aromatic rings. The number of nitrogens with zero attached hydrogens (tertiary/aromatic N) is 2. The molecule has 1 fully saturated rings. The zero-order valence-corrected chi connectivity index (χ0v) is 19.0. The molecule has 2 N–H and O–H groups in total. The first kappa shape index (κ1) is 21.6. The first-order chi connectivity index (χ1) is 14.7. The molecule has 1 amide bonds. The molecule has 4 rings (SSSR count). The van der Waals surface area contributed by atoms with Gasteiger partial charge in [-0.25, -0.2) is 13.6 Å². The lowest BCUT2D eigenvalue weighted by Gasteiger charge is -2.17. The Bertz CT molecular complexity index is 1240. The highest BCUT2D eigenvalue weighted by molar-refractivity contribution is 7.89. The fourth-order valence-corrected chi connectivity index (χ4v) is 4.97. The summed E-state index contributed by atoms with van der Waals surface area (Å²) in [5.74, 6) is -0.00339. The molecule has 8 heteroatoms. The van der Waals surface area contributed by atoms with Gasteiger partial charge < -0.3 is 9.47 Å². The van der Waals surface area contributed by atoms with E-state index in [1.165, 1.54) is 12.1 Å². The number of sulfonamides is 1. The fraction of sp³-hybridized carbons (Fsp3) is 0.261. The molecule has 6 nitrogen and oxygen atoms in total. The first-order valence-electron chi connectivity index (χ1n) is 10.1. The van der Waals surface area contributed by atoms with E-state index in [1.54, 1.807) is 12.1 Å². The predicted molar refractivity (Wildman–Crippen MR) is 123 cm³/mol. The summed E-state index contributed by atoms with van der Waals surface area (Å²) in [6, 6.07) is 13.9. The number of carbonyl (C=O) groups excluding carboxylic acids is 1. The van der Waals surface area contributed by atoms with E-state index >= 15 is 0 Å². The normalized spacial score (nSPS) is 14.3. The number of aromatic nitrogens is 1. The van der Waals surface area contributed by atoms with Gasteiger partial charge in [-0.05, 0) is 60.7 Å². The Morgan fingerprint density at radius 3 is 2.00 bits per heavy atom. The van der Waals surface area contributed by atoms with E-state index in [9.17, 15) is 13.2 Å². The largest absolute Gasteiger partial charge is 0.343 e. The van der Waals surface area contributed by atoms with Crippen molar-refractivity contribution in [2.75, 3.05) is 13.1 Å². The second-order valence-electron chi connectivity index (χ2n) is 7.83. The van der Waals surface area contributed by atoms with Gasteiger partial charge in [-0.2, -0.15) is 0 Å². The SMILES string of the molecule is Cc1c(C(=O)N2CCCC2)c(-c2ccc(S(N)(=O)=O)cc2)n(C)c1-c1ccc(Cl)cc1. The number of primary sulfonamides is 1. The van der Waals surface area contributed by atoms with Gasteiger partial charge in [-0.3, -0.25) is 4.79 Å². The van der Waals surface area contributed by atoms with Gasteiger partial charge in [0.2, 0.25) is 10.0 Å². The number of amides is 1. The van der Waals surface area contributed by atoms with Crippen LogP contribution in [0.4, 0.5) is 0 Å². The van der Waals surface area contributed by atoms with Crippen molar-refractivity contribution < 1.29 is 13.2 Å². The summed E-state index contributed by atoms with van der Waals surface area (Å²) in [5.41, 5.74) is 4.89. The number of carbonyl (C=O) groups is 1.